The summed E-state index contributed by atoms with van der Waals surface area (Å²) in [6, 6.07) is 7.49. The third kappa shape index (κ3) is 4.78. The third-order valence-electron chi connectivity index (χ3n) is 5.19. The highest BCUT2D eigenvalue weighted by molar-refractivity contribution is 7.80. The lowest BCUT2D eigenvalue weighted by atomic mass is 10.0. The van der Waals surface area contributed by atoms with Crippen LogP contribution in [0.1, 0.15) is 31.2 Å². The predicted molar refractivity (Wildman–Crippen MR) is 110 cm³/mol. The summed E-state index contributed by atoms with van der Waals surface area (Å²) in [4.78, 5) is 32.5. The average Bonchev–Trinajstić information content (AvgIpc) is 2.66. The molecule has 6 nitrogen and oxygen atoms in total. The van der Waals surface area contributed by atoms with Gasteiger partial charge >= 0.3 is 0 Å². The maximum atomic E-state index is 12.9. The van der Waals surface area contributed by atoms with E-state index in [1.54, 1.807) is 4.90 Å². The summed E-state index contributed by atoms with van der Waals surface area (Å²) in [5.41, 5.74) is 1.61. The lowest BCUT2D eigenvalue weighted by Gasteiger charge is -2.31. The fourth-order valence-electron chi connectivity index (χ4n) is 3.67. The summed E-state index contributed by atoms with van der Waals surface area (Å²) in [5, 5.41) is 2.75. The van der Waals surface area contributed by atoms with Gasteiger partial charge in [0.05, 0.1) is 25.3 Å². The minimum atomic E-state index is -0.932. The minimum Gasteiger partial charge on any atom is -0.335 e. The molecule has 2 aliphatic heterocycles. The summed E-state index contributed by atoms with van der Waals surface area (Å²) in [5.74, 6) is -1.68. The molecule has 1 aromatic carbocycles. The number of carbonyl (C=O) groups excluding carboxylic acids is 2. The van der Waals surface area contributed by atoms with Gasteiger partial charge in [-0.25, -0.2) is 0 Å². The van der Waals surface area contributed by atoms with Crippen LogP contribution in [0.3, 0.4) is 0 Å². The largest absolute Gasteiger partial charge is 0.335 e. The molecule has 0 radical (unpaired) electrons. The van der Waals surface area contributed by atoms with Crippen molar-refractivity contribution in [2.24, 2.45) is 10.9 Å². The van der Waals surface area contributed by atoms with Gasteiger partial charge in [-0.05, 0) is 50.0 Å². The summed E-state index contributed by atoms with van der Waals surface area (Å²) >= 11 is 5.23. The van der Waals surface area contributed by atoms with E-state index in [0.717, 1.165) is 18.5 Å². The molecule has 2 fully saturated rings. The topological polar surface area (TPSA) is 66.2 Å². The van der Waals surface area contributed by atoms with E-state index in [9.17, 15) is 9.59 Å². The molecule has 2 N–H and O–H groups in total. The molecule has 2 saturated heterocycles. The number of benzene rings is 1. The van der Waals surface area contributed by atoms with E-state index in [1.165, 1.54) is 43.5 Å². The van der Waals surface area contributed by atoms with Gasteiger partial charge in [-0.15, -0.1) is 0 Å². The van der Waals surface area contributed by atoms with Crippen LogP contribution in [-0.2, 0) is 9.59 Å². The quantitative estimate of drug-likeness (QED) is 0.330. The van der Waals surface area contributed by atoms with Crippen LogP contribution >= 0.6 is 12.2 Å². The van der Waals surface area contributed by atoms with E-state index in [4.69, 9.17) is 12.2 Å². The zero-order valence-electron chi connectivity index (χ0n) is 15.7. The number of nitrogens with zero attached hydrogens (tertiary/aromatic N) is 2. The number of nitrogens with one attached hydrogen (secondary N) is 2. The van der Waals surface area contributed by atoms with Crippen molar-refractivity contribution < 1.29 is 14.5 Å². The smallest absolute Gasteiger partial charge is 0.251 e. The number of hydrogen-bond acceptors (Lipinski definition) is 4. The predicted octanol–water partition coefficient (Wildman–Crippen LogP) is 0.889. The molecule has 0 spiro atoms. The maximum Gasteiger partial charge on any atom is 0.251 e. The van der Waals surface area contributed by atoms with Gasteiger partial charge in [0, 0.05) is 19.2 Å². The van der Waals surface area contributed by atoms with E-state index < -0.39 is 11.8 Å². The van der Waals surface area contributed by atoms with Gasteiger partial charge in [0.2, 0.25) is 5.91 Å². The summed E-state index contributed by atoms with van der Waals surface area (Å²) in [7, 11) is 0. The van der Waals surface area contributed by atoms with E-state index >= 15 is 0 Å². The SMILES string of the molecule is Cc1ccccc1N1C(=O)[C@H](C=NCCC[NH+]2CCCCC2)C(=O)NC1=S. The molecule has 0 aliphatic carbocycles. The normalized spacial score (nSPS) is 21.7. The second-order valence-corrected chi connectivity index (χ2v) is 7.59. The van der Waals surface area contributed by atoms with Gasteiger partial charge in [-0.2, -0.15) is 0 Å². The molecule has 1 atom stereocenters. The Hall–Kier alpha value is -2.12. The molecular weight excluding hydrogens is 360 g/mol. The number of piperidine rings is 1. The lowest BCUT2D eigenvalue weighted by Crippen LogP contribution is -3.12. The van der Waals surface area contributed by atoms with E-state index in [-0.39, 0.29) is 11.0 Å². The molecule has 144 valence electrons. The number of amides is 2. The average molecular weight is 388 g/mol. The Kier molecular flexibility index (Phi) is 6.68. The van der Waals surface area contributed by atoms with Gasteiger partial charge in [0.1, 0.15) is 0 Å². The molecule has 27 heavy (non-hydrogen) atoms. The molecule has 2 heterocycles. The number of aryl methyl sites for hydroxylation is 1. The van der Waals surface area contributed by atoms with Crippen LogP contribution in [0.15, 0.2) is 29.3 Å². The monoisotopic (exact) mass is 387 g/mol. The number of carbonyl (C=O) groups is 2. The second kappa shape index (κ2) is 9.19. The first-order valence-electron chi connectivity index (χ1n) is 9.66. The van der Waals surface area contributed by atoms with Crippen LogP contribution in [0.5, 0.6) is 0 Å². The molecule has 2 aliphatic rings. The summed E-state index contributed by atoms with van der Waals surface area (Å²) in [6.07, 6.45) is 6.42. The van der Waals surface area contributed by atoms with Crippen molar-refractivity contribution in [2.75, 3.05) is 31.1 Å². The molecule has 0 saturated carbocycles. The zero-order valence-corrected chi connectivity index (χ0v) is 16.6. The number of rotatable bonds is 6. The third-order valence-corrected chi connectivity index (χ3v) is 5.48. The Balaban J connectivity index is 1.60. The van der Waals surface area contributed by atoms with Gasteiger partial charge in [-0.1, -0.05) is 18.2 Å². The van der Waals surface area contributed by atoms with Crippen LogP contribution in [0.2, 0.25) is 0 Å². The molecule has 1 aromatic rings. The number of anilines is 1. The maximum absolute atomic E-state index is 12.9. The Labute approximate surface area is 165 Å². The Morgan fingerprint density at radius 2 is 2.00 bits per heavy atom. The molecule has 2 amide bonds. The second-order valence-electron chi connectivity index (χ2n) is 7.20. The highest BCUT2D eigenvalue weighted by atomic mass is 32.1. The first-order valence-corrected chi connectivity index (χ1v) is 10.1. The fourth-order valence-corrected chi connectivity index (χ4v) is 3.96. The Bertz CT molecular complexity index is 743. The number of thiocarbonyl (C=S) groups is 1. The van der Waals surface area contributed by atoms with Gasteiger partial charge in [0.25, 0.3) is 5.91 Å². The van der Waals surface area contributed by atoms with Crippen molar-refractivity contribution in [3.05, 3.63) is 29.8 Å². The molecule has 0 aromatic heterocycles. The number of likely N-dealkylation sites (tertiary alicyclic amines) is 1. The highest BCUT2D eigenvalue weighted by Gasteiger charge is 2.38. The van der Waals surface area contributed by atoms with E-state index in [2.05, 4.69) is 10.3 Å². The molecule has 0 bridgehead atoms. The molecular formula is C20H27N4O2S+. The van der Waals surface area contributed by atoms with Crippen molar-refractivity contribution in [3.8, 4) is 0 Å². The number of para-hydroxylation sites is 1. The van der Waals surface area contributed by atoms with Crippen molar-refractivity contribution in [2.45, 2.75) is 32.6 Å². The van der Waals surface area contributed by atoms with Crippen molar-refractivity contribution in [3.63, 3.8) is 0 Å². The lowest BCUT2D eigenvalue weighted by molar-refractivity contribution is -0.904. The standard InChI is InChI=1S/C20H26N4O2S/c1-15-8-3-4-9-17(15)24-19(26)16(18(25)22-20(24)27)14-21-10-7-13-23-11-5-2-6-12-23/h3-4,8-9,14,16H,2,5-7,10-13H2,1H3,(H,22,25,27)/p+1/t16-/m1/s1. The van der Waals surface area contributed by atoms with Crippen LogP contribution in [0.25, 0.3) is 0 Å². The van der Waals surface area contributed by atoms with Gasteiger partial charge in [0.15, 0.2) is 11.0 Å². The molecule has 3 rings (SSSR count). The van der Waals surface area contributed by atoms with Crippen molar-refractivity contribution >= 4 is 41.0 Å². The van der Waals surface area contributed by atoms with Crippen molar-refractivity contribution in [1.82, 2.24) is 5.32 Å². The first-order chi connectivity index (χ1) is 13.1. The first kappa shape index (κ1) is 19.6. The van der Waals surface area contributed by atoms with Crippen LogP contribution in [0.4, 0.5) is 5.69 Å². The fraction of sp³-hybridized carbons (Fsp3) is 0.500. The summed E-state index contributed by atoms with van der Waals surface area (Å²) in [6.45, 7) is 6.14. The van der Waals surface area contributed by atoms with Crippen molar-refractivity contribution in [1.29, 1.82) is 0 Å². The number of hydrogen-bond donors (Lipinski definition) is 2. The number of aliphatic imine (C=N–C) groups is 1. The molecule has 0 unspecified atom stereocenters. The van der Waals surface area contributed by atoms with E-state index in [0.29, 0.717) is 12.2 Å². The zero-order chi connectivity index (χ0) is 19.2. The number of quaternary nitrogens is 1. The Morgan fingerprint density at radius 3 is 2.74 bits per heavy atom. The van der Waals surface area contributed by atoms with Crippen LogP contribution in [0, 0.1) is 12.8 Å². The summed E-state index contributed by atoms with van der Waals surface area (Å²) < 4.78 is 0. The van der Waals surface area contributed by atoms with Gasteiger partial charge in [-0.3, -0.25) is 19.5 Å². The highest BCUT2D eigenvalue weighted by Crippen LogP contribution is 2.23. The van der Waals surface area contributed by atoms with Crippen LogP contribution < -0.4 is 15.1 Å². The van der Waals surface area contributed by atoms with Crippen LogP contribution in [-0.4, -0.2) is 49.3 Å². The molecule has 7 heteroatoms. The minimum absolute atomic E-state index is 0.123. The Morgan fingerprint density at radius 1 is 1.26 bits per heavy atom. The van der Waals surface area contributed by atoms with Gasteiger partial charge < -0.3 is 10.2 Å². The van der Waals surface area contributed by atoms with E-state index in [1.807, 2.05) is 31.2 Å².